The second-order valence-corrected chi connectivity index (χ2v) is 7.30. The third kappa shape index (κ3) is 4.34. The van der Waals surface area contributed by atoms with E-state index < -0.39 is 0 Å². The van der Waals surface area contributed by atoms with Crippen LogP contribution < -0.4 is 19.5 Å². The lowest BCUT2D eigenvalue weighted by Crippen LogP contribution is -2.33. The summed E-state index contributed by atoms with van der Waals surface area (Å²) in [7, 11) is 4.88. The molecule has 0 spiro atoms. The van der Waals surface area contributed by atoms with Gasteiger partial charge >= 0.3 is 0 Å². The zero-order valence-corrected chi connectivity index (χ0v) is 17.8. The largest absolute Gasteiger partial charge is 0.508 e. The average Bonchev–Trinajstić information content (AvgIpc) is 2.83. The van der Waals surface area contributed by atoms with Crippen molar-refractivity contribution in [3.63, 3.8) is 0 Å². The predicted molar refractivity (Wildman–Crippen MR) is 120 cm³/mol. The van der Waals surface area contributed by atoms with E-state index in [0.29, 0.717) is 17.9 Å². The molecule has 31 heavy (non-hydrogen) atoms. The number of aromatic hydroxyl groups is 1. The van der Waals surface area contributed by atoms with Crippen LogP contribution in [0, 0.1) is 0 Å². The Morgan fingerprint density at radius 3 is 2.29 bits per heavy atom. The van der Waals surface area contributed by atoms with Crippen molar-refractivity contribution >= 4 is 5.71 Å². The van der Waals surface area contributed by atoms with Crippen molar-refractivity contribution in [3.05, 3.63) is 83.4 Å². The minimum atomic E-state index is -0.310. The van der Waals surface area contributed by atoms with Crippen molar-refractivity contribution in [2.24, 2.45) is 4.99 Å². The number of hydrogen-bond acceptors (Lipinski definition) is 6. The number of phenolic OH excluding ortho intramolecular Hbond substituents is 1. The smallest absolute Gasteiger partial charge is 0.161 e. The number of rotatable bonds is 6. The van der Waals surface area contributed by atoms with Gasteiger partial charge in [0.25, 0.3) is 0 Å². The zero-order valence-electron chi connectivity index (χ0n) is 17.8. The number of benzene rings is 3. The van der Waals surface area contributed by atoms with Gasteiger partial charge in [0.2, 0.25) is 0 Å². The van der Waals surface area contributed by atoms with Crippen molar-refractivity contribution in [2.75, 3.05) is 21.3 Å². The number of hydrogen-bond donors (Lipinski definition) is 2. The van der Waals surface area contributed by atoms with Crippen LogP contribution in [0.15, 0.2) is 71.7 Å². The summed E-state index contributed by atoms with van der Waals surface area (Å²) >= 11 is 0. The molecule has 0 aliphatic carbocycles. The van der Waals surface area contributed by atoms with E-state index in [-0.39, 0.29) is 18.0 Å². The van der Waals surface area contributed by atoms with Gasteiger partial charge in [-0.25, -0.2) is 0 Å². The number of aliphatic imine (C=N–C) groups is 1. The molecule has 0 saturated heterocycles. The molecule has 2 atom stereocenters. The molecule has 4 rings (SSSR count). The van der Waals surface area contributed by atoms with E-state index in [9.17, 15) is 5.11 Å². The summed E-state index contributed by atoms with van der Waals surface area (Å²) < 4.78 is 16.1. The molecule has 0 aromatic heterocycles. The molecule has 3 aromatic carbocycles. The Hall–Kier alpha value is -3.51. The van der Waals surface area contributed by atoms with Gasteiger partial charge in [0, 0.05) is 23.7 Å². The highest BCUT2D eigenvalue weighted by molar-refractivity contribution is 6.01. The van der Waals surface area contributed by atoms with Crippen LogP contribution in [0.2, 0.25) is 0 Å². The lowest BCUT2D eigenvalue weighted by Gasteiger charge is -2.31. The fraction of sp³-hybridized carbons (Fsp3) is 0.240. The van der Waals surface area contributed by atoms with Gasteiger partial charge in [-0.2, -0.15) is 0 Å². The first-order valence-electron chi connectivity index (χ1n) is 10.1. The third-order valence-electron chi connectivity index (χ3n) is 5.50. The molecule has 0 amide bonds. The first-order valence-corrected chi connectivity index (χ1v) is 10.1. The molecule has 6 heteroatoms. The van der Waals surface area contributed by atoms with Crippen LogP contribution in [0.1, 0.15) is 35.3 Å². The molecule has 1 aliphatic rings. The van der Waals surface area contributed by atoms with Crippen molar-refractivity contribution in [2.45, 2.75) is 18.6 Å². The quantitative estimate of drug-likeness (QED) is 0.610. The SMILES string of the molecule is COc1ccc(C2=N[C@@H](c3ccc(OC)c(OC)c3)N[C@H](c3ccccc3O)C2)cc1. The molecule has 0 fully saturated rings. The average molecular weight is 418 g/mol. The second kappa shape index (κ2) is 9.10. The first-order chi connectivity index (χ1) is 15.1. The van der Waals surface area contributed by atoms with E-state index in [1.807, 2.05) is 60.7 Å². The van der Waals surface area contributed by atoms with Crippen LogP contribution in [-0.4, -0.2) is 32.1 Å². The van der Waals surface area contributed by atoms with Gasteiger partial charge < -0.3 is 19.3 Å². The fourth-order valence-electron chi connectivity index (χ4n) is 3.84. The third-order valence-corrected chi connectivity index (χ3v) is 5.50. The van der Waals surface area contributed by atoms with E-state index in [2.05, 4.69) is 5.32 Å². The summed E-state index contributed by atoms with van der Waals surface area (Å²) in [5.41, 5.74) is 3.76. The summed E-state index contributed by atoms with van der Waals surface area (Å²) in [6, 6.07) is 21.0. The molecule has 0 unspecified atom stereocenters. The molecule has 1 aliphatic heterocycles. The van der Waals surface area contributed by atoms with Gasteiger partial charge in [0.05, 0.1) is 21.3 Å². The molecule has 0 saturated carbocycles. The molecule has 0 bridgehead atoms. The maximum absolute atomic E-state index is 10.5. The first kappa shape index (κ1) is 20.8. The Bertz CT molecular complexity index is 1080. The van der Waals surface area contributed by atoms with Crippen molar-refractivity contribution in [3.8, 4) is 23.0 Å². The van der Waals surface area contributed by atoms with Crippen molar-refractivity contribution in [1.82, 2.24) is 5.32 Å². The molecular weight excluding hydrogens is 392 g/mol. The van der Waals surface area contributed by atoms with Crippen LogP contribution in [0.25, 0.3) is 0 Å². The Kier molecular flexibility index (Phi) is 6.09. The van der Waals surface area contributed by atoms with Crippen LogP contribution >= 0.6 is 0 Å². The fourth-order valence-corrected chi connectivity index (χ4v) is 3.84. The number of phenols is 1. The van der Waals surface area contributed by atoms with E-state index in [1.165, 1.54) is 0 Å². The summed E-state index contributed by atoms with van der Waals surface area (Å²) in [6.07, 6.45) is 0.337. The highest BCUT2D eigenvalue weighted by Crippen LogP contribution is 2.37. The van der Waals surface area contributed by atoms with Crippen LogP contribution in [-0.2, 0) is 0 Å². The highest BCUT2D eigenvalue weighted by atomic mass is 16.5. The minimum absolute atomic E-state index is 0.103. The van der Waals surface area contributed by atoms with Gasteiger partial charge in [-0.05, 0) is 53.6 Å². The van der Waals surface area contributed by atoms with E-state index >= 15 is 0 Å². The predicted octanol–water partition coefficient (Wildman–Crippen LogP) is 4.64. The summed E-state index contributed by atoms with van der Waals surface area (Å²) in [5, 5.41) is 14.0. The zero-order chi connectivity index (χ0) is 21.8. The summed E-state index contributed by atoms with van der Waals surface area (Å²) in [5.74, 6) is 2.38. The van der Waals surface area contributed by atoms with Gasteiger partial charge in [0.15, 0.2) is 11.5 Å². The van der Waals surface area contributed by atoms with E-state index in [4.69, 9.17) is 19.2 Å². The molecular formula is C25H26N2O4. The normalized spacial score (nSPS) is 18.2. The Balaban J connectivity index is 1.75. The van der Waals surface area contributed by atoms with E-state index in [1.54, 1.807) is 27.4 Å². The molecule has 6 nitrogen and oxygen atoms in total. The second-order valence-electron chi connectivity index (χ2n) is 7.30. The molecule has 3 aromatic rings. The standard InChI is InChI=1S/C25H26N2O4/c1-29-18-11-8-16(9-12-18)20-15-21(19-6-4-5-7-22(19)28)27-25(26-20)17-10-13-23(30-2)24(14-17)31-3/h4-14,21,25,27-28H,15H2,1-3H3/t21-,25+/m0/s1. The number of nitrogens with zero attached hydrogens (tertiary/aromatic N) is 1. The molecule has 160 valence electrons. The maximum Gasteiger partial charge on any atom is 0.161 e. The number of ether oxygens (including phenoxy) is 3. The van der Waals surface area contributed by atoms with Gasteiger partial charge in [-0.3, -0.25) is 10.3 Å². The van der Waals surface area contributed by atoms with Crippen LogP contribution in [0.3, 0.4) is 0 Å². The molecule has 2 N–H and O–H groups in total. The molecule has 1 heterocycles. The lowest BCUT2D eigenvalue weighted by molar-refractivity contribution is 0.353. The maximum atomic E-state index is 10.5. The Labute approximate surface area is 182 Å². The number of nitrogens with one attached hydrogen (secondary N) is 1. The van der Waals surface area contributed by atoms with Crippen molar-refractivity contribution in [1.29, 1.82) is 0 Å². The summed E-state index contributed by atoms with van der Waals surface area (Å²) in [6.45, 7) is 0. The van der Waals surface area contributed by atoms with Gasteiger partial charge in [0.1, 0.15) is 17.7 Å². The van der Waals surface area contributed by atoms with E-state index in [0.717, 1.165) is 28.2 Å². The van der Waals surface area contributed by atoms with Gasteiger partial charge in [-0.15, -0.1) is 0 Å². The van der Waals surface area contributed by atoms with Crippen LogP contribution in [0.5, 0.6) is 23.0 Å². The summed E-state index contributed by atoms with van der Waals surface area (Å²) in [4.78, 5) is 5.00. The molecule has 0 radical (unpaired) electrons. The Morgan fingerprint density at radius 2 is 1.61 bits per heavy atom. The minimum Gasteiger partial charge on any atom is -0.508 e. The topological polar surface area (TPSA) is 72.3 Å². The highest BCUT2D eigenvalue weighted by Gasteiger charge is 2.28. The van der Waals surface area contributed by atoms with Gasteiger partial charge in [-0.1, -0.05) is 24.3 Å². The van der Waals surface area contributed by atoms with Crippen LogP contribution in [0.4, 0.5) is 0 Å². The number of para-hydroxylation sites is 1. The monoisotopic (exact) mass is 418 g/mol. The number of methoxy groups -OCH3 is 3. The Morgan fingerprint density at radius 1 is 0.871 bits per heavy atom. The van der Waals surface area contributed by atoms with Crippen molar-refractivity contribution < 1.29 is 19.3 Å². The lowest BCUT2D eigenvalue weighted by atomic mass is 9.93.